The van der Waals surface area contributed by atoms with Gasteiger partial charge in [-0.05, 0) is 39.2 Å². The number of esters is 2. The molecule has 11 nitrogen and oxygen atoms in total. The summed E-state index contributed by atoms with van der Waals surface area (Å²) in [6.07, 6.45) is 5.47. The number of hydrogen-bond donors (Lipinski definition) is 0. The minimum atomic E-state index is -0.903. The number of anilines is 1. The number of nitrogens with zero attached hydrogens (tertiary/aromatic N) is 7. The maximum absolute atomic E-state index is 12.6. The molecule has 12 heteroatoms. The lowest BCUT2D eigenvalue weighted by Gasteiger charge is -2.42. The second-order valence-corrected chi connectivity index (χ2v) is 12.5. The minimum absolute atomic E-state index is 0.316. The molecule has 0 radical (unpaired) electrons. The van der Waals surface area contributed by atoms with Crippen LogP contribution in [0.25, 0.3) is 0 Å². The van der Waals surface area contributed by atoms with E-state index in [1.165, 1.54) is 0 Å². The Balaban J connectivity index is 1.33. The number of ether oxygens (including phenoxy) is 2. The highest BCUT2D eigenvalue weighted by Gasteiger charge is 2.48. The minimum Gasteiger partial charge on any atom is -0.449 e. The number of fused-ring (bicyclic) bond motifs is 2. The highest BCUT2D eigenvalue weighted by molar-refractivity contribution is 7.99. The van der Waals surface area contributed by atoms with Gasteiger partial charge >= 0.3 is 11.9 Å². The van der Waals surface area contributed by atoms with Crippen LogP contribution in [0.2, 0.25) is 0 Å². The normalized spacial score (nSPS) is 20.4. The van der Waals surface area contributed by atoms with Gasteiger partial charge < -0.3 is 18.9 Å². The molecule has 2 aromatic rings. The van der Waals surface area contributed by atoms with Gasteiger partial charge in [-0.25, -0.2) is 19.6 Å². The van der Waals surface area contributed by atoms with Gasteiger partial charge in [0.15, 0.2) is 22.3 Å². The predicted molar refractivity (Wildman–Crippen MR) is 147 cm³/mol. The molecule has 1 aliphatic carbocycles. The van der Waals surface area contributed by atoms with Crippen molar-refractivity contribution in [1.82, 2.24) is 29.6 Å². The zero-order valence-corrected chi connectivity index (χ0v) is 24.2. The number of piperazine rings is 1. The number of carbonyl (C=O) groups excluding carboxylic acids is 2. The van der Waals surface area contributed by atoms with Crippen molar-refractivity contribution < 1.29 is 19.1 Å². The van der Waals surface area contributed by atoms with Crippen LogP contribution in [0.1, 0.15) is 63.8 Å². The average Bonchev–Trinajstić information content (AvgIpc) is 3.21. The first-order chi connectivity index (χ1) is 18.6. The van der Waals surface area contributed by atoms with Crippen molar-refractivity contribution in [3.63, 3.8) is 0 Å². The average molecular weight is 556 g/mol. The molecular weight excluding hydrogens is 518 g/mol. The lowest BCUT2D eigenvalue weighted by Crippen LogP contribution is -2.48. The second-order valence-electron chi connectivity index (χ2n) is 11.4. The van der Waals surface area contributed by atoms with Crippen LogP contribution in [-0.4, -0.2) is 80.0 Å². The summed E-state index contributed by atoms with van der Waals surface area (Å²) in [7, 11) is 1.99. The summed E-state index contributed by atoms with van der Waals surface area (Å²) in [5, 5.41) is 9.30. The van der Waals surface area contributed by atoms with Crippen molar-refractivity contribution in [1.29, 1.82) is 0 Å². The second kappa shape index (κ2) is 10.9. The SMILES string of the molecule is Cc1nnc(SCCCN2CCN(c3nc(C(C)(C)C)nc4c3OC(=O)/C=C/C(=O)OC43CCC3)CC2)n1C. The maximum atomic E-state index is 12.6. The fraction of sp³-hybridized carbons (Fsp3) is 0.630. The van der Waals surface area contributed by atoms with E-state index in [-0.39, 0.29) is 5.41 Å². The zero-order valence-electron chi connectivity index (χ0n) is 23.4. The summed E-state index contributed by atoms with van der Waals surface area (Å²) in [4.78, 5) is 39.6. The summed E-state index contributed by atoms with van der Waals surface area (Å²) in [6, 6.07) is 0. The molecule has 0 amide bonds. The molecule has 1 spiro atoms. The van der Waals surface area contributed by atoms with Gasteiger partial charge in [0.1, 0.15) is 17.3 Å². The van der Waals surface area contributed by atoms with Gasteiger partial charge in [0, 0.05) is 56.5 Å². The van der Waals surface area contributed by atoms with Gasteiger partial charge in [0.25, 0.3) is 0 Å². The summed E-state index contributed by atoms with van der Waals surface area (Å²) in [5.74, 6) is 2.26. The third kappa shape index (κ3) is 5.81. The Kier molecular flexibility index (Phi) is 7.69. The number of thioether (sulfide) groups is 1. The molecule has 39 heavy (non-hydrogen) atoms. The van der Waals surface area contributed by atoms with Crippen LogP contribution < -0.4 is 9.64 Å². The molecule has 2 fully saturated rings. The molecule has 1 saturated carbocycles. The third-order valence-electron chi connectivity index (χ3n) is 7.54. The molecule has 0 bridgehead atoms. The molecule has 5 rings (SSSR count). The van der Waals surface area contributed by atoms with Crippen LogP contribution in [0.3, 0.4) is 0 Å². The molecule has 0 atom stereocenters. The first-order valence-corrected chi connectivity index (χ1v) is 14.6. The first kappa shape index (κ1) is 27.6. The van der Waals surface area contributed by atoms with Gasteiger partial charge in [0.2, 0.25) is 0 Å². The van der Waals surface area contributed by atoms with Gasteiger partial charge in [-0.2, -0.15) is 0 Å². The number of aryl methyl sites for hydroxylation is 1. The highest BCUT2D eigenvalue weighted by Crippen LogP contribution is 2.50. The smallest absolute Gasteiger partial charge is 0.336 e. The van der Waals surface area contributed by atoms with Crippen LogP contribution >= 0.6 is 11.8 Å². The highest BCUT2D eigenvalue weighted by atomic mass is 32.2. The summed E-state index contributed by atoms with van der Waals surface area (Å²) >= 11 is 1.73. The van der Waals surface area contributed by atoms with Crippen molar-refractivity contribution in [2.24, 2.45) is 7.05 Å². The lowest BCUT2D eigenvalue weighted by molar-refractivity contribution is -0.166. The topological polar surface area (TPSA) is 116 Å². The van der Waals surface area contributed by atoms with Gasteiger partial charge in [-0.15, -0.1) is 10.2 Å². The molecule has 0 unspecified atom stereocenters. The van der Waals surface area contributed by atoms with E-state index < -0.39 is 17.5 Å². The molecule has 0 aromatic carbocycles. The Hall–Kier alpha value is -2.99. The first-order valence-electron chi connectivity index (χ1n) is 13.6. The van der Waals surface area contributed by atoms with E-state index in [0.29, 0.717) is 35.9 Å². The van der Waals surface area contributed by atoms with Gasteiger partial charge in [0.05, 0.1) is 0 Å². The lowest BCUT2D eigenvalue weighted by atomic mass is 9.76. The Labute approximate surface area is 233 Å². The van der Waals surface area contributed by atoms with E-state index in [0.717, 1.165) is 74.5 Å². The van der Waals surface area contributed by atoms with E-state index in [1.54, 1.807) is 11.8 Å². The Bertz CT molecular complexity index is 1270. The monoisotopic (exact) mass is 555 g/mol. The van der Waals surface area contributed by atoms with Crippen molar-refractivity contribution in [3.8, 4) is 5.75 Å². The summed E-state index contributed by atoms with van der Waals surface area (Å²) < 4.78 is 13.8. The van der Waals surface area contributed by atoms with Crippen LogP contribution in [0.4, 0.5) is 5.82 Å². The van der Waals surface area contributed by atoms with Crippen LogP contribution in [0, 0.1) is 6.92 Å². The third-order valence-corrected chi connectivity index (χ3v) is 8.65. The Morgan fingerprint density at radius 2 is 1.74 bits per heavy atom. The van der Waals surface area contributed by atoms with E-state index >= 15 is 0 Å². The van der Waals surface area contributed by atoms with Crippen molar-refractivity contribution >= 4 is 29.5 Å². The fourth-order valence-corrected chi connectivity index (χ4v) is 5.80. The van der Waals surface area contributed by atoms with Crippen LogP contribution in [0.5, 0.6) is 5.75 Å². The molecular formula is C27H37N7O4S. The van der Waals surface area contributed by atoms with E-state index in [9.17, 15) is 9.59 Å². The molecule has 2 aliphatic heterocycles. The van der Waals surface area contributed by atoms with Crippen LogP contribution in [0.15, 0.2) is 17.3 Å². The Morgan fingerprint density at radius 1 is 1.03 bits per heavy atom. The number of rotatable bonds is 6. The number of aromatic nitrogens is 5. The predicted octanol–water partition coefficient (Wildman–Crippen LogP) is 2.91. The van der Waals surface area contributed by atoms with Gasteiger partial charge in [-0.1, -0.05) is 32.5 Å². The summed E-state index contributed by atoms with van der Waals surface area (Å²) in [5.41, 5.74) is -0.743. The van der Waals surface area contributed by atoms with E-state index in [2.05, 4.69) is 40.8 Å². The largest absolute Gasteiger partial charge is 0.449 e. The van der Waals surface area contributed by atoms with E-state index in [4.69, 9.17) is 19.4 Å². The van der Waals surface area contributed by atoms with Crippen LogP contribution in [-0.2, 0) is 32.4 Å². The molecule has 210 valence electrons. The fourth-order valence-electron chi connectivity index (χ4n) is 4.92. The zero-order chi connectivity index (χ0) is 27.8. The molecule has 0 N–H and O–H groups in total. The Morgan fingerprint density at radius 3 is 2.36 bits per heavy atom. The standard InChI is InChI=1S/C27H37N7O4S/c1-18-30-31-25(32(18)5)39-17-7-12-33-13-15-34(16-14-33)23-21-22(28-24(29-23)26(2,3)4)27(10-6-11-27)38-20(36)9-8-19(35)37-21/h8-9H,6-7,10-17H2,1-5H3/b9-8+. The van der Waals surface area contributed by atoms with Crippen molar-refractivity contribution in [3.05, 3.63) is 29.5 Å². The molecule has 3 aliphatic rings. The van der Waals surface area contributed by atoms with Crippen molar-refractivity contribution in [2.75, 3.05) is 43.4 Å². The summed E-state index contributed by atoms with van der Waals surface area (Å²) in [6.45, 7) is 12.3. The maximum Gasteiger partial charge on any atom is 0.336 e. The molecule has 2 aromatic heterocycles. The molecule has 1 saturated heterocycles. The van der Waals surface area contributed by atoms with E-state index in [1.807, 2.05) is 18.5 Å². The van der Waals surface area contributed by atoms with Gasteiger partial charge in [-0.3, -0.25) is 4.90 Å². The van der Waals surface area contributed by atoms with Crippen molar-refractivity contribution in [2.45, 2.75) is 69.6 Å². The number of carbonyl (C=O) groups is 2. The quantitative estimate of drug-likeness (QED) is 0.298. The number of hydrogen-bond acceptors (Lipinski definition) is 11. The molecule has 4 heterocycles.